The van der Waals surface area contributed by atoms with Crippen molar-refractivity contribution in [2.24, 2.45) is 0 Å². The molecule has 1 unspecified atom stereocenters. The van der Waals surface area contributed by atoms with Crippen LogP contribution in [0.4, 0.5) is 4.39 Å². The van der Waals surface area contributed by atoms with Crippen LogP contribution in [0.3, 0.4) is 0 Å². The molecular formula is C24H21FN2O6. The molecule has 1 aromatic heterocycles. The molecule has 0 saturated carbocycles. The number of ether oxygens (including phenoxy) is 3. The van der Waals surface area contributed by atoms with Gasteiger partial charge in [-0.3, -0.25) is 19.5 Å². The largest absolute Gasteiger partial charge is 0.497 e. The van der Waals surface area contributed by atoms with Gasteiger partial charge >= 0.3 is 0 Å². The Kier molecular flexibility index (Phi) is 5.53. The van der Waals surface area contributed by atoms with Gasteiger partial charge in [0, 0.05) is 17.4 Å². The Hall–Kier alpha value is -3.40. The van der Waals surface area contributed by atoms with Crippen molar-refractivity contribution in [3.8, 4) is 5.75 Å². The number of carbonyl (C=O) groups excluding carboxylic acids is 2. The average molecular weight is 452 g/mol. The second-order valence-corrected chi connectivity index (χ2v) is 7.93. The molecule has 1 fully saturated rings. The normalized spacial score (nSPS) is 21.4. The van der Waals surface area contributed by atoms with Crippen LogP contribution in [0.1, 0.15) is 38.8 Å². The lowest BCUT2D eigenvalue weighted by Crippen LogP contribution is -2.50. The van der Waals surface area contributed by atoms with E-state index in [-0.39, 0.29) is 37.0 Å². The van der Waals surface area contributed by atoms with Gasteiger partial charge in [-0.05, 0) is 30.3 Å². The maximum absolute atomic E-state index is 14.6. The fourth-order valence-corrected chi connectivity index (χ4v) is 4.29. The highest BCUT2D eigenvalue weighted by atomic mass is 19.1. The minimum atomic E-state index is -1.23. The highest BCUT2D eigenvalue weighted by molar-refractivity contribution is 6.21. The van der Waals surface area contributed by atoms with Gasteiger partial charge in [0.15, 0.2) is 6.29 Å². The van der Waals surface area contributed by atoms with Crippen molar-refractivity contribution >= 4 is 22.7 Å². The van der Waals surface area contributed by atoms with Crippen molar-refractivity contribution in [1.82, 2.24) is 9.88 Å². The number of hydrogen-bond acceptors (Lipinski definition) is 7. The van der Waals surface area contributed by atoms with Crippen LogP contribution in [-0.4, -0.2) is 59.5 Å². The highest BCUT2D eigenvalue weighted by Crippen LogP contribution is 2.33. The van der Waals surface area contributed by atoms with Gasteiger partial charge in [-0.15, -0.1) is 0 Å². The zero-order valence-electron chi connectivity index (χ0n) is 17.7. The summed E-state index contributed by atoms with van der Waals surface area (Å²) in [5.41, 5.74) is 1.31. The second kappa shape index (κ2) is 8.51. The summed E-state index contributed by atoms with van der Waals surface area (Å²) in [6.45, 7) is 0.104. The lowest BCUT2D eigenvalue weighted by molar-refractivity contribution is -0.208. The number of hydrogen-bond donors (Lipinski definition) is 1. The number of nitrogens with zero attached hydrogens (tertiary/aromatic N) is 2. The van der Waals surface area contributed by atoms with Gasteiger partial charge in [-0.2, -0.15) is 0 Å². The molecule has 3 aromatic rings. The van der Waals surface area contributed by atoms with E-state index in [0.717, 1.165) is 11.1 Å². The number of carbonyl (C=O) groups is 2. The summed E-state index contributed by atoms with van der Waals surface area (Å²) < 4.78 is 31.2. The van der Waals surface area contributed by atoms with Gasteiger partial charge in [0.1, 0.15) is 11.6 Å². The van der Waals surface area contributed by atoms with E-state index in [1.807, 2.05) is 0 Å². The van der Waals surface area contributed by atoms with Crippen LogP contribution in [0, 0.1) is 5.82 Å². The summed E-state index contributed by atoms with van der Waals surface area (Å²) >= 11 is 0. The number of aliphatic hydroxyl groups is 1. The van der Waals surface area contributed by atoms with E-state index in [2.05, 4.69) is 4.98 Å². The topological polar surface area (TPSA) is 98.2 Å². The predicted octanol–water partition coefficient (Wildman–Crippen LogP) is 2.84. The zero-order valence-corrected chi connectivity index (χ0v) is 17.7. The van der Waals surface area contributed by atoms with E-state index in [1.165, 1.54) is 7.11 Å². The minimum Gasteiger partial charge on any atom is -0.497 e. The molecule has 0 bridgehead atoms. The van der Waals surface area contributed by atoms with Crippen LogP contribution in [0.15, 0.2) is 48.7 Å². The van der Waals surface area contributed by atoms with Crippen molar-refractivity contribution in [3.05, 3.63) is 71.2 Å². The first-order valence-electron chi connectivity index (χ1n) is 10.5. The number of halogens is 1. The molecule has 9 heteroatoms. The van der Waals surface area contributed by atoms with Crippen LogP contribution < -0.4 is 4.74 Å². The fraction of sp³-hybridized carbons (Fsp3) is 0.292. The Balaban J connectivity index is 1.28. The van der Waals surface area contributed by atoms with Gasteiger partial charge in [0.25, 0.3) is 11.8 Å². The van der Waals surface area contributed by atoms with Crippen LogP contribution >= 0.6 is 0 Å². The molecule has 1 saturated heterocycles. The number of benzene rings is 2. The average Bonchev–Trinajstić information content (AvgIpc) is 3.09. The Bertz CT molecular complexity index is 1210. The molecule has 8 nitrogen and oxygen atoms in total. The summed E-state index contributed by atoms with van der Waals surface area (Å²) in [4.78, 5) is 30.5. The Labute approximate surface area is 188 Å². The van der Waals surface area contributed by atoms with Gasteiger partial charge in [0.2, 0.25) is 0 Å². The lowest BCUT2D eigenvalue weighted by atomic mass is 10.0. The SMILES string of the molecule is COc1ccc2ncc(F)c(C(O)CC3OCC(N4C(=O)c5ccccc5C4=O)CO3)c2c1. The number of imide groups is 1. The standard InChI is InChI=1S/C24H21FN2O6/c1-31-14-6-7-19-17(8-14)22(18(25)10-26-19)20(28)9-21-32-11-13(12-33-21)27-23(29)15-4-2-3-5-16(15)24(27)30/h2-8,10,13,20-21,28H,9,11-12H2,1H3. The number of fused-ring (bicyclic) bond motifs is 2. The lowest BCUT2D eigenvalue weighted by Gasteiger charge is -2.34. The van der Waals surface area contributed by atoms with E-state index in [9.17, 15) is 19.1 Å². The molecule has 0 spiro atoms. The number of methoxy groups -OCH3 is 1. The maximum atomic E-state index is 14.6. The quantitative estimate of drug-likeness (QED) is 0.595. The summed E-state index contributed by atoms with van der Waals surface area (Å²) in [5.74, 6) is -0.906. The molecular weight excluding hydrogens is 431 g/mol. The smallest absolute Gasteiger partial charge is 0.261 e. The van der Waals surface area contributed by atoms with E-state index >= 15 is 0 Å². The molecule has 170 valence electrons. The Morgan fingerprint density at radius 3 is 2.45 bits per heavy atom. The van der Waals surface area contributed by atoms with Crippen LogP contribution in [0.5, 0.6) is 5.75 Å². The van der Waals surface area contributed by atoms with Crippen molar-refractivity contribution in [2.45, 2.75) is 24.9 Å². The van der Waals surface area contributed by atoms with Crippen LogP contribution in [0.25, 0.3) is 10.9 Å². The predicted molar refractivity (Wildman–Crippen MR) is 114 cm³/mol. The molecule has 0 aliphatic carbocycles. The molecule has 2 aromatic carbocycles. The van der Waals surface area contributed by atoms with E-state index < -0.39 is 24.3 Å². The molecule has 1 atom stereocenters. The number of rotatable bonds is 5. The number of pyridine rings is 1. The van der Waals surface area contributed by atoms with Crippen molar-refractivity contribution in [2.75, 3.05) is 20.3 Å². The molecule has 2 amide bonds. The van der Waals surface area contributed by atoms with Gasteiger partial charge in [0.05, 0.1) is 55.3 Å². The molecule has 2 aliphatic rings. The third-order valence-corrected chi connectivity index (χ3v) is 5.96. The number of aromatic nitrogens is 1. The minimum absolute atomic E-state index is 0.0396. The molecule has 0 radical (unpaired) electrons. The van der Waals surface area contributed by atoms with Crippen molar-refractivity contribution < 1.29 is 33.3 Å². The van der Waals surface area contributed by atoms with E-state index in [1.54, 1.807) is 42.5 Å². The molecule has 3 heterocycles. The zero-order chi connectivity index (χ0) is 23.1. The summed E-state index contributed by atoms with van der Waals surface area (Å²) in [5, 5.41) is 11.2. The third kappa shape index (κ3) is 3.74. The summed E-state index contributed by atoms with van der Waals surface area (Å²) in [6.07, 6.45) is -1.04. The first-order chi connectivity index (χ1) is 16.0. The Morgan fingerprint density at radius 1 is 1.15 bits per heavy atom. The van der Waals surface area contributed by atoms with Crippen molar-refractivity contribution in [1.29, 1.82) is 0 Å². The first-order valence-corrected chi connectivity index (χ1v) is 10.5. The van der Waals surface area contributed by atoms with Crippen LogP contribution in [0.2, 0.25) is 0 Å². The summed E-state index contributed by atoms with van der Waals surface area (Å²) in [7, 11) is 1.50. The highest BCUT2D eigenvalue weighted by Gasteiger charge is 2.42. The summed E-state index contributed by atoms with van der Waals surface area (Å²) in [6, 6.07) is 11.1. The molecule has 5 rings (SSSR count). The van der Waals surface area contributed by atoms with Gasteiger partial charge in [-0.25, -0.2) is 4.39 Å². The third-order valence-electron chi connectivity index (χ3n) is 5.96. The van der Waals surface area contributed by atoms with E-state index in [0.29, 0.717) is 27.8 Å². The van der Waals surface area contributed by atoms with Crippen molar-refractivity contribution in [3.63, 3.8) is 0 Å². The second-order valence-electron chi connectivity index (χ2n) is 7.93. The fourth-order valence-electron chi connectivity index (χ4n) is 4.29. The maximum Gasteiger partial charge on any atom is 0.261 e. The van der Waals surface area contributed by atoms with Gasteiger partial charge in [-0.1, -0.05) is 12.1 Å². The Morgan fingerprint density at radius 2 is 1.82 bits per heavy atom. The molecule has 2 aliphatic heterocycles. The van der Waals surface area contributed by atoms with E-state index in [4.69, 9.17) is 14.2 Å². The van der Waals surface area contributed by atoms with Crippen LogP contribution in [-0.2, 0) is 9.47 Å². The molecule has 1 N–H and O–H groups in total. The monoisotopic (exact) mass is 452 g/mol. The number of amides is 2. The van der Waals surface area contributed by atoms with Gasteiger partial charge < -0.3 is 19.3 Å². The number of aliphatic hydroxyl groups excluding tert-OH is 1. The molecule has 33 heavy (non-hydrogen) atoms. The first kappa shape index (κ1) is 21.4.